The Balaban J connectivity index is 2.30. The van der Waals surface area contributed by atoms with Crippen LogP contribution in [0.2, 0.25) is 10.0 Å². The molecule has 1 N–H and O–H groups in total. The number of Topliss-reactive ketones (excluding diaryl/α,β-unsaturated/α-hetero) is 1. The molecule has 31 heavy (non-hydrogen) atoms. The summed E-state index contributed by atoms with van der Waals surface area (Å²) in [5, 5.41) is 11.7. The van der Waals surface area contributed by atoms with E-state index in [9.17, 15) is 14.7 Å². The minimum Gasteiger partial charge on any atom is -0.507 e. The Morgan fingerprint density at radius 3 is 2.48 bits per heavy atom. The first-order chi connectivity index (χ1) is 14.8. The zero-order valence-electron chi connectivity index (χ0n) is 17.4. The summed E-state index contributed by atoms with van der Waals surface area (Å²) >= 11 is 12.4. The van der Waals surface area contributed by atoms with Crippen LogP contribution < -0.4 is 9.47 Å². The smallest absolute Gasteiger partial charge is 0.295 e. The van der Waals surface area contributed by atoms with Gasteiger partial charge in [-0.1, -0.05) is 54.7 Å². The number of ketones is 1. The molecule has 0 aromatic heterocycles. The van der Waals surface area contributed by atoms with Crippen molar-refractivity contribution in [2.75, 3.05) is 20.8 Å². The lowest BCUT2D eigenvalue weighted by Gasteiger charge is -2.26. The molecule has 2 aromatic carbocycles. The number of carbonyl (C=O) groups excluding carboxylic acids is 2. The number of unbranched alkanes of at least 4 members (excludes halogenated alkanes) is 1. The van der Waals surface area contributed by atoms with Crippen LogP contribution in [0, 0.1) is 0 Å². The standard InChI is InChI=1S/C23H23Cl2NO5/c1-4-5-10-26-19(14-8-6-7-9-17(14)30-2)18(21(28)23(26)29)20(27)15-11-13(24)12-16(25)22(15)31-3/h6-9,11-12,19,27H,4-5,10H2,1-3H3/b20-18+. The fraction of sp³-hybridized carbons (Fsp3) is 0.304. The molecule has 1 unspecified atom stereocenters. The van der Waals surface area contributed by atoms with Crippen molar-refractivity contribution < 1.29 is 24.2 Å². The fourth-order valence-corrected chi connectivity index (χ4v) is 4.31. The zero-order chi connectivity index (χ0) is 22.7. The molecule has 1 fully saturated rings. The number of aliphatic hydroxyl groups excluding tert-OH is 1. The first-order valence-electron chi connectivity index (χ1n) is 9.80. The SMILES string of the molecule is CCCCN1C(=O)C(=O)/C(=C(/O)c2cc(Cl)cc(Cl)c2OC)C1c1ccccc1OC. The molecular formula is C23H23Cl2NO5. The Bertz CT molecular complexity index is 1050. The summed E-state index contributed by atoms with van der Waals surface area (Å²) in [5.74, 6) is -1.23. The summed E-state index contributed by atoms with van der Waals surface area (Å²) in [6.07, 6.45) is 1.53. The van der Waals surface area contributed by atoms with Crippen LogP contribution in [0.3, 0.4) is 0 Å². The maximum Gasteiger partial charge on any atom is 0.295 e. The van der Waals surface area contributed by atoms with E-state index >= 15 is 0 Å². The number of likely N-dealkylation sites (tertiary alicyclic amines) is 1. The third-order valence-electron chi connectivity index (χ3n) is 5.19. The number of amides is 1. The summed E-state index contributed by atoms with van der Waals surface area (Å²) in [5.41, 5.74) is 0.657. The average Bonchev–Trinajstić information content (AvgIpc) is 3.01. The van der Waals surface area contributed by atoms with Gasteiger partial charge in [-0.2, -0.15) is 0 Å². The highest BCUT2D eigenvalue weighted by molar-refractivity contribution is 6.46. The number of benzene rings is 2. The molecular weight excluding hydrogens is 441 g/mol. The van der Waals surface area contributed by atoms with Crippen molar-refractivity contribution in [1.29, 1.82) is 0 Å². The number of hydrogen-bond acceptors (Lipinski definition) is 5. The lowest BCUT2D eigenvalue weighted by Crippen LogP contribution is -2.30. The molecule has 0 bridgehead atoms. The molecule has 1 heterocycles. The van der Waals surface area contributed by atoms with Crippen LogP contribution in [-0.4, -0.2) is 42.5 Å². The van der Waals surface area contributed by atoms with E-state index in [1.54, 1.807) is 24.3 Å². The van der Waals surface area contributed by atoms with Gasteiger partial charge >= 0.3 is 0 Å². The maximum absolute atomic E-state index is 13.1. The molecule has 0 saturated carbocycles. The average molecular weight is 464 g/mol. The summed E-state index contributed by atoms with van der Waals surface area (Å²) < 4.78 is 10.8. The van der Waals surface area contributed by atoms with Crippen LogP contribution in [0.1, 0.15) is 36.9 Å². The monoisotopic (exact) mass is 463 g/mol. The predicted molar refractivity (Wildman–Crippen MR) is 120 cm³/mol. The molecule has 1 aliphatic heterocycles. The van der Waals surface area contributed by atoms with Gasteiger partial charge in [0.25, 0.3) is 11.7 Å². The fourth-order valence-electron chi connectivity index (χ4n) is 3.74. The Morgan fingerprint density at radius 2 is 1.84 bits per heavy atom. The molecule has 164 valence electrons. The second-order valence-electron chi connectivity index (χ2n) is 7.06. The number of nitrogens with zero attached hydrogens (tertiary/aromatic N) is 1. The van der Waals surface area contributed by atoms with E-state index in [1.165, 1.54) is 31.3 Å². The van der Waals surface area contributed by atoms with Crippen LogP contribution in [0.15, 0.2) is 42.0 Å². The molecule has 1 aliphatic rings. The quantitative estimate of drug-likeness (QED) is 0.345. The molecule has 1 atom stereocenters. The zero-order valence-corrected chi connectivity index (χ0v) is 19.0. The van der Waals surface area contributed by atoms with Crippen molar-refractivity contribution >= 4 is 40.7 Å². The highest BCUT2D eigenvalue weighted by Gasteiger charge is 2.47. The van der Waals surface area contributed by atoms with Gasteiger partial charge < -0.3 is 19.5 Å². The summed E-state index contributed by atoms with van der Waals surface area (Å²) in [6.45, 7) is 2.35. The number of methoxy groups -OCH3 is 2. The minimum absolute atomic E-state index is 0.0674. The highest BCUT2D eigenvalue weighted by Crippen LogP contribution is 2.45. The van der Waals surface area contributed by atoms with E-state index in [-0.39, 0.29) is 26.9 Å². The van der Waals surface area contributed by atoms with Gasteiger partial charge in [0, 0.05) is 17.1 Å². The van der Waals surface area contributed by atoms with Crippen molar-refractivity contribution in [1.82, 2.24) is 4.90 Å². The van der Waals surface area contributed by atoms with Crippen LogP contribution in [0.4, 0.5) is 0 Å². The van der Waals surface area contributed by atoms with Crippen LogP contribution >= 0.6 is 23.2 Å². The van der Waals surface area contributed by atoms with Crippen LogP contribution in [0.5, 0.6) is 11.5 Å². The van der Waals surface area contributed by atoms with Crippen LogP contribution in [0.25, 0.3) is 5.76 Å². The third kappa shape index (κ3) is 4.23. The van der Waals surface area contributed by atoms with E-state index in [1.807, 2.05) is 6.92 Å². The summed E-state index contributed by atoms with van der Waals surface area (Å²) in [7, 11) is 2.90. The van der Waals surface area contributed by atoms with Gasteiger partial charge in [-0.15, -0.1) is 0 Å². The Labute approximate surface area is 191 Å². The maximum atomic E-state index is 13.1. The molecule has 0 radical (unpaired) electrons. The lowest BCUT2D eigenvalue weighted by atomic mass is 9.94. The van der Waals surface area contributed by atoms with Crippen molar-refractivity contribution in [3.8, 4) is 11.5 Å². The molecule has 6 nitrogen and oxygen atoms in total. The summed E-state index contributed by atoms with van der Waals surface area (Å²) in [6, 6.07) is 9.17. The van der Waals surface area contributed by atoms with Gasteiger partial charge in [0.1, 0.15) is 17.3 Å². The molecule has 1 saturated heterocycles. The molecule has 0 spiro atoms. The Morgan fingerprint density at radius 1 is 1.13 bits per heavy atom. The largest absolute Gasteiger partial charge is 0.507 e. The lowest BCUT2D eigenvalue weighted by molar-refractivity contribution is -0.139. The van der Waals surface area contributed by atoms with Gasteiger partial charge in [-0.05, 0) is 24.6 Å². The first-order valence-corrected chi connectivity index (χ1v) is 10.6. The van der Waals surface area contributed by atoms with E-state index in [0.717, 1.165) is 6.42 Å². The molecule has 0 aliphatic carbocycles. The topological polar surface area (TPSA) is 76.1 Å². The van der Waals surface area contributed by atoms with Crippen molar-refractivity contribution in [3.63, 3.8) is 0 Å². The van der Waals surface area contributed by atoms with Gasteiger partial charge in [-0.25, -0.2) is 0 Å². The van der Waals surface area contributed by atoms with Crippen molar-refractivity contribution in [2.24, 2.45) is 0 Å². The van der Waals surface area contributed by atoms with Crippen LogP contribution in [-0.2, 0) is 9.59 Å². The summed E-state index contributed by atoms with van der Waals surface area (Å²) in [4.78, 5) is 27.5. The normalized spacial score (nSPS) is 17.8. The van der Waals surface area contributed by atoms with Gasteiger partial charge in [0.05, 0.1) is 36.4 Å². The van der Waals surface area contributed by atoms with Gasteiger partial charge in [-0.3, -0.25) is 9.59 Å². The van der Waals surface area contributed by atoms with Gasteiger partial charge in [0.2, 0.25) is 0 Å². The Kier molecular flexibility index (Phi) is 7.13. The predicted octanol–water partition coefficient (Wildman–Crippen LogP) is 5.23. The number of aliphatic hydroxyl groups is 1. The second kappa shape index (κ2) is 9.62. The van der Waals surface area contributed by atoms with E-state index in [0.29, 0.717) is 24.3 Å². The number of halogens is 2. The number of carbonyl (C=O) groups is 2. The number of para-hydroxylation sites is 1. The Hall–Kier alpha value is -2.70. The van der Waals surface area contributed by atoms with E-state index < -0.39 is 23.5 Å². The number of rotatable bonds is 7. The molecule has 1 amide bonds. The van der Waals surface area contributed by atoms with E-state index in [4.69, 9.17) is 32.7 Å². The van der Waals surface area contributed by atoms with Crippen molar-refractivity contribution in [2.45, 2.75) is 25.8 Å². The van der Waals surface area contributed by atoms with Gasteiger partial charge in [0.15, 0.2) is 0 Å². The second-order valence-corrected chi connectivity index (χ2v) is 7.90. The number of ether oxygens (including phenoxy) is 2. The molecule has 2 aromatic rings. The number of hydrogen-bond donors (Lipinski definition) is 1. The first kappa shape index (κ1) is 23.0. The molecule has 3 rings (SSSR count). The third-order valence-corrected chi connectivity index (χ3v) is 5.69. The van der Waals surface area contributed by atoms with E-state index in [2.05, 4.69) is 0 Å². The highest BCUT2D eigenvalue weighted by atomic mass is 35.5. The van der Waals surface area contributed by atoms with Crippen molar-refractivity contribution in [3.05, 3.63) is 63.1 Å². The minimum atomic E-state index is -0.829. The molecule has 8 heteroatoms.